The highest BCUT2D eigenvalue weighted by Crippen LogP contribution is 2.27. The normalized spacial score (nSPS) is 18.1. The van der Waals surface area contributed by atoms with Crippen molar-refractivity contribution in [3.8, 4) is 5.69 Å². The fourth-order valence-electron chi connectivity index (χ4n) is 3.45. The van der Waals surface area contributed by atoms with Crippen molar-refractivity contribution in [2.45, 2.75) is 51.7 Å². The molecule has 0 fully saturated rings. The van der Waals surface area contributed by atoms with Crippen molar-refractivity contribution in [1.29, 1.82) is 0 Å². The van der Waals surface area contributed by atoms with Crippen LogP contribution in [0.25, 0.3) is 5.69 Å². The molecule has 0 saturated carbocycles. The molecule has 1 aromatic carbocycles. The topological polar surface area (TPSA) is 60.6 Å². The first kappa shape index (κ1) is 16.0. The molecule has 25 heavy (non-hydrogen) atoms. The van der Waals surface area contributed by atoms with E-state index in [0.29, 0.717) is 0 Å². The van der Waals surface area contributed by atoms with Crippen molar-refractivity contribution in [1.82, 2.24) is 29.6 Å². The van der Waals surface area contributed by atoms with Gasteiger partial charge in [0.25, 0.3) is 0 Å². The molecule has 0 saturated heterocycles. The van der Waals surface area contributed by atoms with Crippen LogP contribution in [0.15, 0.2) is 43.0 Å². The highest BCUT2D eigenvalue weighted by molar-refractivity contribution is 5.35. The standard InChI is InChI=1S/C19H24N6/c1-3-18-22-19-17(5-4-11-25(19)23-18)21-14(2)15-6-8-16(9-7-15)24-12-10-20-13-24/h6-10,12-14,17,21H,3-5,11H2,1-2H3/t14-,17-/m1/s1. The lowest BCUT2D eigenvalue weighted by Gasteiger charge is -2.26. The number of rotatable bonds is 5. The molecule has 2 aromatic heterocycles. The second kappa shape index (κ2) is 6.80. The average Bonchev–Trinajstić information content (AvgIpc) is 3.32. The van der Waals surface area contributed by atoms with E-state index < -0.39 is 0 Å². The maximum Gasteiger partial charge on any atom is 0.150 e. The molecule has 3 aromatic rings. The van der Waals surface area contributed by atoms with E-state index in [1.54, 1.807) is 6.20 Å². The Morgan fingerprint density at radius 3 is 2.84 bits per heavy atom. The van der Waals surface area contributed by atoms with Gasteiger partial charge >= 0.3 is 0 Å². The summed E-state index contributed by atoms with van der Waals surface area (Å²) in [5.41, 5.74) is 2.40. The smallest absolute Gasteiger partial charge is 0.150 e. The van der Waals surface area contributed by atoms with Crippen molar-refractivity contribution < 1.29 is 0 Å². The van der Waals surface area contributed by atoms with E-state index in [1.807, 2.05) is 17.1 Å². The van der Waals surface area contributed by atoms with Gasteiger partial charge in [0.2, 0.25) is 0 Å². The predicted molar refractivity (Wildman–Crippen MR) is 96.5 cm³/mol. The number of fused-ring (bicyclic) bond motifs is 1. The number of hydrogen-bond donors (Lipinski definition) is 1. The number of benzene rings is 1. The van der Waals surface area contributed by atoms with Crippen LogP contribution in [-0.4, -0.2) is 24.3 Å². The van der Waals surface area contributed by atoms with Crippen LogP contribution in [0.5, 0.6) is 0 Å². The molecular weight excluding hydrogens is 312 g/mol. The highest BCUT2D eigenvalue weighted by atomic mass is 15.4. The van der Waals surface area contributed by atoms with Crippen LogP contribution >= 0.6 is 0 Å². The van der Waals surface area contributed by atoms with E-state index >= 15 is 0 Å². The Hall–Kier alpha value is -2.47. The number of nitrogens with zero attached hydrogens (tertiary/aromatic N) is 5. The number of aryl methyl sites for hydroxylation is 2. The summed E-state index contributed by atoms with van der Waals surface area (Å²) in [6, 6.07) is 9.15. The van der Waals surface area contributed by atoms with Crippen molar-refractivity contribution in [3.05, 3.63) is 60.2 Å². The first-order chi connectivity index (χ1) is 12.2. The minimum Gasteiger partial charge on any atom is -0.306 e. The van der Waals surface area contributed by atoms with Crippen molar-refractivity contribution >= 4 is 0 Å². The molecule has 6 nitrogen and oxygen atoms in total. The van der Waals surface area contributed by atoms with Crippen LogP contribution in [0.2, 0.25) is 0 Å². The lowest BCUT2D eigenvalue weighted by atomic mass is 10.0. The number of hydrogen-bond acceptors (Lipinski definition) is 4. The lowest BCUT2D eigenvalue weighted by Crippen LogP contribution is -2.30. The van der Waals surface area contributed by atoms with E-state index in [4.69, 9.17) is 4.98 Å². The van der Waals surface area contributed by atoms with Crippen molar-refractivity contribution in [2.24, 2.45) is 0 Å². The van der Waals surface area contributed by atoms with E-state index in [-0.39, 0.29) is 12.1 Å². The molecule has 0 aliphatic carbocycles. The summed E-state index contributed by atoms with van der Waals surface area (Å²) in [5.74, 6) is 2.03. The van der Waals surface area contributed by atoms with E-state index in [0.717, 1.165) is 43.1 Å². The highest BCUT2D eigenvalue weighted by Gasteiger charge is 2.25. The Labute approximate surface area is 147 Å². The third-order valence-corrected chi connectivity index (χ3v) is 4.88. The Morgan fingerprint density at radius 1 is 1.28 bits per heavy atom. The second-order valence-electron chi connectivity index (χ2n) is 6.61. The Bertz CT molecular complexity index is 818. The summed E-state index contributed by atoms with van der Waals surface area (Å²) < 4.78 is 4.09. The largest absolute Gasteiger partial charge is 0.306 e. The van der Waals surface area contributed by atoms with Crippen LogP contribution in [0.1, 0.15) is 56.0 Å². The van der Waals surface area contributed by atoms with Crippen LogP contribution < -0.4 is 5.32 Å². The fourth-order valence-corrected chi connectivity index (χ4v) is 3.45. The molecule has 3 heterocycles. The molecule has 6 heteroatoms. The van der Waals surface area contributed by atoms with Crippen molar-refractivity contribution in [2.75, 3.05) is 0 Å². The van der Waals surface area contributed by atoms with Crippen LogP contribution in [0, 0.1) is 0 Å². The molecule has 2 atom stereocenters. The third kappa shape index (κ3) is 3.22. The van der Waals surface area contributed by atoms with Gasteiger partial charge in [0.15, 0.2) is 5.82 Å². The molecule has 1 N–H and O–H groups in total. The summed E-state index contributed by atoms with van der Waals surface area (Å²) in [6.45, 7) is 5.30. The maximum atomic E-state index is 4.72. The van der Waals surface area contributed by atoms with E-state index in [9.17, 15) is 0 Å². The van der Waals surface area contributed by atoms with Gasteiger partial charge in [-0.05, 0) is 37.5 Å². The molecule has 0 spiro atoms. The molecule has 4 rings (SSSR count). The van der Waals surface area contributed by atoms with Gasteiger partial charge in [0.1, 0.15) is 5.82 Å². The van der Waals surface area contributed by atoms with Gasteiger partial charge in [-0.25, -0.2) is 14.6 Å². The maximum absolute atomic E-state index is 4.72. The summed E-state index contributed by atoms with van der Waals surface area (Å²) in [5, 5.41) is 8.34. The van der Waals surface area contributed by atoms with Gasteiger partial charge in [-0.1, -0.05) is 19.1 Å². The molecule has 1 aliphatic heterocycles. The zero-order valence-corrected chi connectivity index (χ0v) is 14.8. The van der Waals surface area contributed by atoms with Gasteiger partial charge in [0, 0.05) is 37.1 Å². The third-order valence-electron chi connectivity index (χ3n) is 4.88. The molecular formula is C19H24N6. The molecule has 0 bridgehead atoms. The zero-order valence-electron chi connectivity index (χ0n) is 14.8. The molecule has 1 aliphatic rings. The van der Waals surface area contributed by atoms with Crippen molar-refractivity contribution in [3.63, 3.8) is 0 Å². The summed E-state index contributed by atoms with van der Waals surface area (Å²) >= 11 is 0. The Kier molecular flexibility index (Phi) is 4.36. The number of imidazole rings is 1. The van der Waals surface area contributed by atoms with E-state index in [1.165, 1.54) is 5.56 Å². The monoisotopic (exact) mass is 336 g/mol. The molecule has 0 amide bonds. The Morgan fingerprint density at radius 2 is 2.12 bits per heavy atom. The SMILES string of the molecule is CCc1nc2n(n1)CCC[C@H]2N[C@H](C)c1ccc(-n2ccnc2)cc1. The van der Waals surface area contributed by atoms with Gasteiger partial charge in [-0.3, -0.25) is 0 Å². The molecule has 0 radical (unpaired) electrons. The summed E-state index contributed by atoms with van der Waals surface area (Å²) in [6.07, 6.45) is 8.70. The van der Waals surface area contributed by atoms with Crippen LogP contribution in [0.4, 0.5) is 0 Å². The lowest BCUT2D eigenvalue weighted by molar-refractivity contribution is 0.344. The Balaban J connectivity index is 1.49. The first-order valence-electron chi connectivity index (χ1n) is 9.02. The number of nitrogens with one attached hydrogen (secondary N) is 1. The van der Waals surface area contributed by atoms with E-state index in [2.05, 4.69) is 58.2 Å². The predicted octanol–water partition coefficient (Wildman–Crippen LogP) is 3.21. The minimum atomic E-state index is 0.259. The fraction of sp³-hybridized carbons (Fsp3) is 0.421. The minimum absolute atomic E-state index is 0.259. The van der Waals surface area contributed by atoms with Gasteiger partial charge in [-0.2, -0.15) is 5.10 Å². The van der Waals surface area contributed by atoms with Gasteiger partial charge in [0.05, 0.1) is 12.4 Å². The molecule has 0 unspecified atom stereocenters. The average molecular weight is 336 g/mol. The van der Waals surface area contributed by atoms with Gasteiger partial charge in [-0.15, -0.1) is 0 Å². The van der Waals surface area contributed by atoms with Crippen LogP contribution in [-0.2, 0) is 13.0 Å². The zero-order chi connectivity index (χ0) is 17.2. The van der Waals surface area contributed by atoms with Gasteiger partial charge < -0.3 is 9.88 Å². The first-order valence-corrected chi connectivity index (χ1v) is 9.02. The summed E-state index contributed by atoms with van der Waals surface area (Å²) in [4.78, 5) is 8.82. The quantitative estimate of drug-likeness (QED) is 0.777. The number of aromatic nitrogens is 5. The molecule has 130 valence electrons. The van der Waals surface area contributed by atoms with Crippen LogP contribution in [0.3, 0.4) is 0 Å². The summed E-state index contributed by atoms with van der Waals surface area (Å²) in [7, 11) is 0. The second-order valence-corrected chi connectivity index (χ2v) is 6.61.